The summed E-state index contributed by atoms with van der Waals surface area (Å²) in [6, 6.07) is 7.30. The minimum Gasteiger partial charge on any atom is -0.483 e. The molecule has 0 bridgehead atoms. The van der Waals surface area contributed by atoms with Crippen LogP contribution >= 0.6 is 0 Å². The molecule has 27 heavy (non-hydrogen) atoms. The molecule has 1 amide bonds. The van der Waals surface area contributed by atoms with E-state index in [-0.39, 0.29) is 29.7 Å². The zero-order valence-corrected chi connectivity index (χ0v) is 15.5. The molecule has 0 spiro atoms. The van der Waals surface area contributed by atoms with E-state index in [0.29, 0.717) is 12.2 Å². The molecule has 0 fully saturated rings. The lowest BCUT2D eigenvalue weighted by atomic mass is 9.92. The second kappa shape index (κ2) is 6.72. The normalized spacial score (nSPS) is 19.6. The third-order valence-electron chi connectivity index (χ3n) is 4.95. The number of aromatic nitrogens is 2. The van der Waals surface area contributed by atoms with Crippen molar-refractivity contribution >= 4 is 5.91 Å². The van der Waals surface area contributed by atoms with E-state index in [0.717, 1.165) is 41.8 Å². The molecule has 0 radical (unpaired) electrons. The number of aromatic amines is 1. The van der Waals surface area contributed by atoms with Crippen LogP contribution in [0, 0.1) is 0 Å². The first-order valence-corrected chi connectivity index (χ1v) is 9.20. The first-order chi connectivity index (χ1) is 12.9. The Balaban J connectivity index is 1.35. The molecule has 1 atom stereocenters. The van der Waals surface area contributed by atoms with Gasteiger partial charge in [0, 0.05) is 24.1 Å². The second-order valence-corrected chi connectivity index (χ2v) is 7.78. The molecule has 0 saturated carbocycles. The fraction of sp³-hybridized carbons (Fsp3) is 0.450. The average molecular weight is 369 g/mol. The Kier molecular flexibility index (Phi) is 4.37. The van der Waals surface area contributed by atoms with Crippen LogP contribution < -0.4 is 20.3 Å². The SMILES string of the molecule is CC1(C)Cc2cccc(OCC(=O)NC3CCc4n[nH]c(=O)cc4C3)c2O1. The number of hydrogen-bond donors (Lipinski definition) is 2. The summed E-state index contributed by atoms with van der Waals surface area (Å²) in [5.41, 5.74) is 2.42. The topological polar surface area (TPSA) is 93.3 Å². The second-order valence-electron chi connectivity index (χ2n) is 7.78. The van der Waals surface area contributed by atoms with Crippen molar-refractivity contribution in [2.45, 2.75) is 51.2 Å². The summed E-state index contributed by atoms with van der Waals surface area (Å²) in [5.74, 6) is 1.14. The van der Waals surface area contributed by atoms with E-state index in [1.54, 1.807) is 6.07 Å². The molecular formula is C20H23N3O4. The van der Waals surface area contributed by atoms with E-state index in [4.69, 9.17) is 9.47 Å². The Morgan fingerprint density at radius 2 is 2.26 bits per heavy atom. The lowest BCUT2D eigenvalue weighted by Gasteiger charge is -2.24. The molecule has 7 heteroatoms. The maximum atomic E-state index is 12.3. The Hall–Kier alpha value is -2.83. The zero-order valence-electron chi connectivity index (χ0n) is 15.5. The summed E-state index contributed by atoms with van der Waals surface area (Å²) < 4.78 is 11.7. The van der Waals surface area contributed by atoms with Crippen molar-refractivity contribution in [1.29, 1.82) is 0 Å². The van der Waals surface area contributed by atoms with E-state index in [1.807, 2.05) is 32.0 Å². The molecule has 142 valence electrons. The van der Waals surface area contributed by atoms with Crippen LogP contribution in [0.25, 0.3) is 0 Å². The lowest BCUT2D eigenvalue weighted by molar-refractivity contribution is -0.123. The van der Waals surface area contributed by atoms with Gasteiger partial charge < -0.3 is 14.8 Å². The standard InChI is InChI=1S/C20H23N3O4/c1-20(2)10-12-4-3-5-16(19(12)27-20)26-11-18(25)21-14-6-7-15-13(8-14)9-17(24)23-22-15/h3-5,9,14H,6-8,10-11H2,1-2H3,(H,21,25)(H,23,24). The Morgan fingerprint density at radius 3 is 3.11 bits per heavy atom. The van der Waals surface area contributed by atoms with Gasteiger partial charge in [0.25, 0.3) is 11.5 Å². The van der Waals surface area contributed by atoms with Crippen LogP contribution in [0.2, 0.25) is 0 Å². The van der Waals surface area contributed by atoms with Gasteiger partial charge in [0.1, 0.15) is 5.60 Å². The minimum absolute atomic E-state index is 0.0196. The van der Waals surface area contributed by atoms with Crippen LogP contribution in [0.3, 0.4) is 0 Å². The number of fused-ring (bicyclic) bond motifs is 2. The van der Waals surface area contributed by atoms with Crippen LogP contribution in [0.5, 0.6) is 11.5 Å². The molecular weight excluding hydrogens is 346 g/mol. The van der Waals surface area contributed by atoms with Gasteiger partial charge in [-0.25, -0.2) is 5.10 Å². The number of nitrogens with zero attached hydrogens (tertiary/aromatic N) is 1. The smallest absolute Gasteiger partial charge is 0.264 e. The van der Waals surface area contributed by atoms with Crippen molar-refractivity contribution in [2.75, 3.05) is 6.61 Å². The summed E-state index contributed by atoms with van der Waals surface area (Å²) in [6.07, 6.45) is 2.94. The van der Waals surface area contributed by atoms with Crippen molar-refractivity contribution in [1.82, 2.24) is 15.5 Å². The molecule has 7 nitrogen and oxygen atoms in total. The van der Waals surface area contributed by atoms with E-state index < -0.39 is 0 Å². The number of carbonyl (C=O) groups is 1. The number of aryl methyl sites for hydroxylation is 1. The third-order valence-corrected chi connectivity index (χ3v) is 4.95. The maximum absolute atomic E-state index is 12.3. The van der Waals surface area contributed by atoms with Crippen molar-refractivity contribution < 1.29 is 14.3 Å². The number of para-hydroxylation sites is 1. The molecule has 2 N–H and O–H groups in total. The first kappa shape index (κ1) is 17.6. The van der Waals surface area contributed by atoms with Crippen molar-refractivity contribution in [2.24, 2.45) is 0 Å². The number of H-pyrrole nitrogens is 1. The molecule has 2 aromatic rings. The van der Waals surface area contributed by atoms with Crippen LogP contribution in [0.4, 0.5) is 0 Å². The van der Waals surface area contributed by atoms with E-state index in [9.17, 15) is 9.59 Å². The van der Waals surface area contributed by atoms with E-state index >= 15 is 0 Å². The Labute approximate surface area is 157 Å². The van der Waals surface area contributed by atoms with Crippen LogP contribution in [0.1, 0.15) is 37.1 Å². The molecule has 1 aliphatic carbocycles. The number of amides is 1. The summed E-state index contributed by atoms with van der Waals surface area (Å²) in [6.45, 7) is 3.99. The summed E-state index contributed by atoms with van der Waals surface area (Å²) in [5, 5.41) is 9.51. The van der Waals surface area contributed by atoms with E-state index in [1.165, 1.54) is 0 Å². The van der Waals surface area contributed by atoms with Crippen molar-refractivity contribution in [3.8, 4) is 11.5 Å². The lowest BCUT2D eigenvalue weighted by Crippen LogP contribution is -2.41. The molecule has 2 aliphatic rings. The predicted octanol–water partition coefficient (Wildman–Crippen LogP) is 1.54. The molecule has 1 aromatic heterocycles. The highest BCUT2D eigenvalue weighted by molar-refractivity contribution is 5.78. The molecule has 2 heterocycles. The maximum Gasteiger partial charge on any atom is 0.264 e. The fourth-order valence-corrected chi connectivity index (χ4v) is 3.78. The molecule has 1 aromatic carbocycles. The van der Waals surface area contributed by atoms with Gasteiger partial charge >= 0.3 is 0 Å². The van der Waals surface area contributed by atoms with Crippen molar-refractivity contribution in [3.63, 3.8) is 0 Å². The Bertz CT molecular complexity index is 935. The van der Waals surface area contributed by atoms with Crippen molar-refractivity contribution in [3.05, 3.63) is 51.4 Å². The monoisotopic (exact) mass is 369 g/mol. The van der Waals surface area contributed by atoms with Crippen LogP contribution in [-0.2, 0) is 24.1 Å². The highest BCUT2D eigenvalue weighted by Gasteiger charge is 2.32. The van der Waals surface area contributed by atoms with Gasteiger partial charge in [-0.3, -0.25) is 9.59 Å². The quantitative estimate of drug-likeness (QED) is 0.853. The van der Waals surface area contributed by atoms with Gasteiger partial charge in [0.15, 0.2) is 18.1 Å². The minimum atomic E-state index is -0.259. The highest BCUT2D eigenvalue weighted by Crippen LogP contribution is 2.41. The van der Waals surface area contributed by atoms with Gasteiger partial charge in [0.2, 0.25) is 0 Å². The van der Waals surface area contributed by atoms with Gasteiger partial charge in [0.05, 0.1) is 5.69 Å². The highest BCUT2D eigenvalue weighted by atomic mass is 16.5. The third kappa shape index (κ3) is 3.82. The van der Waals surface area contributed by atoms with Gasteiger partial charge in [-0.2, -0.15) is 5.10 Å². The number of rotatable bonds is 4. The Morgan fingerprint density at radius 1 is 1.41 bits per heavy atom. The number of hydrogen-bond acceptors (Lipinski definition) is 5. The number of benzene rings is 1. The summed E-state index contributed by atoms with van der Waals surface area (Å²) in [7, 11) is 0. The predicted molar refractivity (Wildman–Crippen MR) is 99.2 cm³/mol. The summed E-state index contributed by atoms with van der Waals surface area (Å²) >= 11 is 0. The largest absolute Gasteiger partial charge is 0.483 e. The van der Waals surface area contributed by atoms with Gasteiger partial charge in [-0.1, -0.05) is 12.1 Å². The zero-order chi connectivity index (χ0) is 19.0. The van der Waals surface area contributed by atoms with Gasteiger partial charge in [-0.15, -0.1) is 0 Å². The number of nitrogens with one attached hydrogen (secondary N) is 2. The first-order valence-electron chi connectivity index (χ1n) is 9.20. The molecule has 0 saturated heterocycles. The number of ether oxygens (including phenoxy) is 2. The van der Waals surface area contributed by atoms with Crippen LogP contribution in [-0.4, -0.2) is 34.4 Å². The number of carbonyl (C=O) groups excluding carboxylic acids is 1. The molecule has 1 unspecified atom stereocenters. The van der Waals surface area contributed by atoms with E-state index in [2.05, 4.69) is 15.5 Å². The molecule has 4 rings (SSSR count). The van der Waals surface area contributed by atoms with Gasteiger partial charge in [-0.05, 0) is 44.7 Å². The summed E-state index contributed by atoms with van der Waals surface area (Å²) in [4.78, 5) is 23.8. The molecule has 1 aliphatic heterocycles. The fourth-order valence-electron chi connectivity index (χ4n) is 3.78. The average Bonchev–Trinajstić information content (AvgIpc) is 2.94. The van der Waals surface area contributed by atoms with Crippen LogP contribution in [0.15, 0.2) is 29.1 Å².